The van der Waals surface area contributed by atoms with Gasteiger partial charge in [-0.25, -0.2) is 9.80 Å². The predicted octanol–water partition coefficient (Wildman–Crippen LogP) is 4.05. The molecular formula is C20H20ClN5O3. The maximum atomic E-state index is 12.9. The quantitative estimate of drug-likeness (QED) is 0.742. The highest BCUT2D eigenvalue weighted by Crippen LogP contribution is 2.37. The summed E-state index contributed by atoms with van der Waals surface area (Å²) in [6, 6.07) is 13.5. The fourth-order valence-electron chi connectivity index (χ4n) is 3.95. The average molecular weight is 414 g/mol. The number of amides is 3. The molecule has 2 fully saturated rings. The Balaban J connectivity index is 1.46. The minimum Gasteiger partial charge on any atom is -0.371 e. The average Bonchev–Trinajstić information content (AvgIpc) is 3.06. The summed E-state index contributed by atoms with van der Waals surface area (Å²) in [6.07, 6.45) is 1.57. The van der Waals surface area contributed by atoms with E-state index in [1.165, 1.54) is 5.01 Å². The lowest BCUT2D eigenvalue weighted by atomic mass is 9.84. The molecule has 29 heavy (non-hydrogen) atoms. The fraction of sp³-hybridized carbons (Fsp3) is 0.300. The molecule has 150 valence electrons. The van der Waals surface area contributed by atoms with Gasteiger partial charge in [-0.1, -0.05) is 11.6 Å². The van der Waals surface area contributed by atoms with Gasteiger partial charge < -0.3 is 10.2 Å². The first-order valence-electron chi connectivity index (χ1n) is 9.34. The molecule has 2 N–H and O–H groups in total. The Labute approximate surface area is 172 Å². The Morgan fingerprint density at radius 3 is 2.34 bits per heavy atom. The highest BCUT2D eigenvalue weighted by Gasteiger charge is 2.49. The number of nitrogens with zero attached hydrogens (tertiary/aromatic N) is 3. The predicted molar refractivity (Wildman–Crippen MR) is 111 cm³/mol. The summed E-state index contributed by atoms with van der Waals surface area (Å²) in [6.45, 7) is 1.38. The number of urea groups is 1. The number of piperidine rings is 1. The number of nitroso groups, excluding NO2 is 1. The summed E-state index contributed by atoms with van der Waals surface area (Å²) in [5.74, 6) is -0.161. The van der Waals surface area contributed by atoms with E-state index in [1.807, 2.05) is 12.1 Å². The Kier molecular flexibility index (Phi) is 5.10. The minimum atomic E-state index is -0.561. The first-order chi connectivity index (χ1) is 14.0. The molecule has 0 aromatic heterocycles. The molecule has 0 atom stereocenters. The van der Waals surface area contributed by atoms with Crippen LogP contribution in [-0.2, 0) is 4.79 Å². The van der Waals surface area contributed by atoms with Crippen LogP contribution in [0.2, 0.25) is 5.02 Å². The number of nitrogens with one attached hydrogen (secondary N) is 2. The third-order valence-corrected chi connectivity index (χ3v) is 5.77. The van der Waals surface area contributed by atoms with Crippen molar-refractivity contribution in [2.45, 2.75) is 24.8 Å². The van der Waals surface area contributed by atoms with Crippen LogP contribution in [0.25, 0.3) is 0 Å². The monoisotopic (exact) mass is 413 g/mol. The van der Waals surface area contributed by atoms with Crippen LogP contribution in [0, 0.1) is 4.91 Å². The summed E-state index contributed by atoms with van der Waals surface area (Å²) < 4.78 is 0. The van der Waals surface area contributed by atoms with Gasteiger partial charge in [0.15, 0.2) is 0 Å². The minimum absolute atomic E-state index is 0.161. The third kappa shape index (κ3) is 3.88. The van der Waals surface area contributed by atoms with E-state index < -0.39 is 5.54 Å². The molecule has 0 bridgehead atoms. The lowest BCUT2D eigenvalue weighted by Crippen LogP contribution is -2.58. The van der Waals surface area contributed by atoms with Crippen molar-refractivity contribution in [2.75, 3.05) is 23.3 Å². The fourth-order valence-corrected chi connectivity index (χ4v) is 4.07. The van der Waals surface area contributed by atoms with Crippen LogP contribution in [0.4, 0.5) is 21.9 Å². The molecular weight excluding hydrogens is 394 g/mol. The molecule has 2 aromatic rings. The largest absolute Gasteiger partial charge is 0.371 e. The zero-order chi connectivity index (χ0) is 20.4. The van der Waals surface area contributed by atoms with E-state index in [0.29, 0.717) is 42.3 Å². The van der Waals surface area contributed by atoms with Crippen molar-refractivity contribution in [1.29, 1.82) is 0 Å². The van der Waals surface area contributed by atoms with Crippen molar-refractivity contribution in [1.82, 2.24) is 10.4 Å². The topological polar surface area (TPSA) is 94.1 Å². The second-order valence-corrected chi connectivity index (χ2v) is 7.74. The van der Waals surface area contributed by atoms with Crippen LogP contribution in [0.5, 0.6) is 0 Å². The molecule has 3 amide bonds. The summed E-state index contributed by atoms with van der Waals surface area (Å²) in [4.78, 5) is 37.8. The van der Waals surface area contributed by atoms with Crippen LogP contribution in [0.1, 0.15) is 19.3 Å². The number of benzene rings is 2. The Bertz CT molecular complexity index is 924. The van der Waals surface area contributed by atoms with Crippen molar-refractivity contribution < 1.29 is 9.59 Å². The molecule has 2 aromatic carbocycles. The number of anilines is 2. The van der Waals surface area contributed by atoms with E-state index >= 15 is 0 Å². The lowest BCUT2D eigenvalue weighted by Gasteiger charge is -2.43. The molecule has 9 heteroatoms. The van der Waals surface area contributed by atoms with Gasteiger partial charge in [0.1, 0.15) is 5.69 Å². The summed E-state index contributed by atoms with van der Waals surface area (Å²) in [5.41, 5.74) is 4.13. The number of hydrazine groups is 1. The van der Waals surface area contributed by atoms with Gasteiger partial charge in [-0.3, -0.25) is 10.2 Å². The number of halogens is 1. The zero-order valence-corrected chi connectivity index (χ0v) is 16.4. The maximum Gasteiger partial charge on any atom is 0.341 e. The molecule has 0 radical (unpaired) electrons. The van der Waals surface area contributed by atoms with Gasteiger partial charge >= 0.3 is 6.03 Å². The Hall–Kier alpha value is -3.13. The van der Waals surface area contributed by atoms with E-state index in [4.69, 9.17) is 11.6 Å². The van der Waals surface area contributed by atoms with Gasteiger partial charge in [0.05, 0.1) is 12.0 Å². The van der Waals surface area contributed by atoms with E-state index in [1.54, 1.807) is 36.4 Å². The molecule has 4 rings (SSSR count). The SMILES string of the molecule is O=Nc1ccc(N2CCC3(CC2)CC(=O)NN3C(=O)Nc2ccc(Cl)cc2)cc1. The van der Waals surface area contributed by atoms with E-state index in [9.17, 15) is 14.5 Å². The third-order valence-electron chi connectivity index (χ3n) is 5.51. The first-order valence-corrected chi connectivity index (χ1v) is 9.72. The number of rotatable bonds is 3. The highest BCUT2D eigenvalue weighted by atomic mass is 35.5. The van der Waals surface area contributed by atoms with Crippen molar-refractivity contribution in [3.05, 3.63) is 58.5 Å². The van der Waals surface area contributed by atoms with Gasteiger partial charge in [-0.15, -0.1) is 4.91 Å². The second-order valence-electron chi connectivity index (χ2n) is 7.30. The van der Waals surface area contributed by atoms with Crippen molar-refractivity contribution >= 4 is 40.6 Å². The van der Waals surface area contributed by atoms with Gasteiger partial charge in [0, 0.05) is 29.5 Å². The normalized spacial score (nSPS) is 17.9. The van der Waals surface area contributed by atoms with Crippen LogP contribution < -0.4 is 15.6 Å². The van der Waals surface area contributed by atoms with Crippen LogP contribution >= 0.6 is 11.6 Å². The first kappa shape index (κ1) is 19.2. The summed E-state index contributed by atoms with van der Waals surface area (Å²) in [5, 5.41) is 7.76. The van der Waals surface area contributed by atoms with Crippen LogP contribution in [0.3, 0.4) is 0 Å². The molecule has 2 saturated heterocycles. The van der Waals surface area contributed by atoms with E-state index in [2.05, 4.69) is 20.8 Å². The number of hydrogen-bond donors (Lipinski definition) is 2. The number of hydrogen-bond acceptors (Lipinski definition) is 5. The van der Waals surface area contributed by atoms with Crippen molar-refractivity contribution in [2.24, 2.45) is 5.18 Å². The molecule has 2 aliphatic heterocycles. The summed E-state index contributed by atoms with van der Waals surface area (Å²) in [7, 11) is 0. The molecule has 0 unspecified atom stereocenters. The Morgan fingerprint density at radius 1 is 1.07 bits per heavy atom. The van der Waals surface area contributed by atoms with Gasteiger partial charge in [-0.05, 0) is 66.5 Å². The van der Waals surface area contributed by atoms with Gasteiger partial charge in [0.25, 0.3) is 0 Å². The number of carbonyl (C=O) groups is 2. The highest BCUT2D eigenvalue weighted by molar-refractivity contribution is 6.30. The van der Waals surface area contributed by atoms with Crippen molar-refractivity contribution in [3.8, 4) is 0 Å². The lowest BCUT2D eigenvalue weighted by molar-refractivity contribution is -0.120. The van der Waals surface area contributed by atoms with Crippen LogP contribution in [-0.4, -0.2) is 35.6 Å². The summed E-state index contributed by atoms with van der Waals surface area (Å²) >= 11 is 5.89. The molecule has 0 aliphatic carbocycles. The van der Waals surface area contributed by atoms with Gasteiger partial charge in [0.2, 0.25) is 5.91 Å². The van der Waals surface area contributed by atoms with E-state index in [-0.39, 0.29) is 18.4 Å². The van der Waals surface area contributed by atoms with Crippen molar-refractivity contribution in [3.63, 3.8) is 0 Å². The molecule has 8 nitrogen and oxygen atoms in total. The van der Waals surface area contributed by atoms with Gasteiger partial charge in [-0.2, -0.15) is 0 Å². The Morgan fingerprint density at radius 2 is 1.72 bits per heavy atom. The smallest absolute Gasteiger partial charge is 0.341 e. The van der Waals surface area contributed by atoms with E-state index in [0.717, 1.165) is 5.69 Å². The molecule has 0 saturated carbocycles. The maximum absolute atomic E-state index is 12.9. The molecule has 2 aliphatic rings. The second kappa shape index (κ2) is 7.71. The molecule has 1 spiro atoms. The molecule has 2 heterocycles. The standard InChI is InChI=1S/C20H20ClN5O3/c21-14-1-3-15(4-2-14)22-19(28)26-20(13-18(27)23-26)9-11-25(12-10-20)17-7-5-16(24-29)6-8-17/h1-8H,9-13H2,(H,22,28)(H,23,27). The number of carbonyl (C=O) groups excluding carboxylic acids is 2. The van der Waals surface area contributed by atoms with Crippen LogP contribution in [0.15, 0.2) is 53.7 Å². The zero-order valence-electron chi connectivity index (χ0n) is 15.6.